The smallest absolute Gasteiger partial charge is 0.344 e. The molecule has 0 amide bonds. The maximum Gasteiger partial charge on any atom is 0.344 e. The number of aliphatic hydroxyl groups is 1. The average molecular weight is 252 g/mol. The van der Waals surface area contributed by atoms with Crippen molar-refractivity contribution in [2.45, 2.75) is 39.4 Å². The van der Waals surface area contributed by atoms with Crippen molar-refractivity contribution in [2.75, 3.05) is 0 Å². The van der Waals surface area contributed by atoms with Crippen LogP contribution >= 0.6 is 0 Å². The number of fused-ring (bicyclic) bond motifs is 1. The van der Waals surface area contributed by atoms with Crippen LogP contribution in [0.2, 0.25) is 0 Å². The molecule has 0 saturated heterocycles. The Morgan fingerprint density at radius 2 is 1.72 bits per heavy atom. The molecule has 2 rings (SSSR count). The lowest BCUT2D eigenvalue weighted by Crippen LogP contribution is -2.42. The first kappa shape index (κ1) is 12.7. The molecule has 1 aliphatic rings. The number of hydrogen-bond acceptors (Lipinski definition) is 5. The van der Waals surface area contributed by atoms with Gasteiger partial charge in [-0.05, 0) is 25.0 Å². The molecule has 18 heavy (non-hydrogen) atoms. The molecule has 1 heterocycles. The molecule has 0 fully saturated rings. The van der Waals surface area contributed by atoms with Gasteiger partial charge in [-0.3, -0.25) is 0 Å². The van der Waals surface area contributed by atoms with Crippen LogP contribution in [-0.2, 0) is 4.74 Å². The zero-order valence-corrected chi connectivity index (χ0v) is 10.7. The van der Waals surface area contributed by atoms with Gasteiger partial charge in [-0.15, -0.1) is 0 Å². The summed E-state index contributed by atoms with van der Waals surface area (Å²) >= 11 is 0. The Balaban J connectivity index is 2.85. The van der Waals surface area contributed by atoms with Crippen molar-refractivity contribution in [3.63, 3.8) is 0 Å². The number of benzene rings is 1. The van der Waals surface area contributed by atoms with Crippen LogP contribution in [0.1, 0.15) is 46.8 Å². The van der Waals surface area contributed by atoms with Crippen LogP contribution in [0.25, 0.3) is 0 Å². The molecule has 0 saturated carbocycles. The van der Waals surface area contributed by atoms with Crippen molar-refractivity contribution >= 4 is 5.97 Å². The highest BCUT2D eigenvalue weighted by molar-refractivity contribution is 5.97. The van der Waals surface area contributed by atoms with Crippen molar-refractivity contribution in [1.29, 1.82) is 0 Å². The first-order valence-corrected chi connectivity index (χ1v) is 5.69. The fraction of sp³-hybridized carbons (Fsp3) is 0.462. The van der Waals surface area contributed by atoms with Crippen molar-refractivity contribution in [2.24, 2.45) is 0 Å². The van der Waals surface area contributed by atoms with Gasteiger partial charge in [0, 0.05) is 18.4 Å². The number of aromatic hydroxyl groups is 2. The van der Waals surface area contributed by atoms with Gasteiger partial charge in [-0.1, -0.05) is 6.92 Å². The molecule has 0 spiro atoms. The first-order chi connectivity index (χ1) is 8.18. The van der Waals surface area contributed by atoms with Gasteiger partial charge in [0.05, 0.1) is 0 Å². The average Bonchev–Trinajstić information content (AvgIpc) is 2.27. The van der Waals surface area contributed by atoms with E-state index in [2.05, 4.69) is 0 Å². The Morgan fingerprint density at radius 3 is 2.28 bits per heavy atom. The van der Waals surface area contributed by atoms with E-state index in [9.17, 15) is 20.1 Å². The van der Waals surface area contributed by atoms with E-state index in [0.717, 1.165) is 0 Å². The molecular formula is C13H16O5. The monoisotopic (exact) mass is 252 g/mol. The summed E-state index contributed by atoms with van der Waals surface area (Å²) in [5, 5.41) is 29.9. The van der Waals surface area contributed by atoms with Crippen molar-refractivity contribution < 1.29 is 24.9 Å². The lowest BCUT2D eigenvalue weighted by molar-refractivity contribution is -0.170. The van der Waals surface area contributed by atoms with E-state index < -0.39 is 17.7 Å². The van der Waals surface area contributed by atoms with E-state index in [1.807, 2.05) is 0 Å². The summed E-state index contributed by atoms with van der Waals surface area (Å²) in [4.78, 5) is 11.9. The highest BCUT2D eigenvalue weighted by Crippen LogP contribution is 2.46. The van der Waals surface area contributed by atoms with E-state index in [-0.39, 0.29) is 22.6 Å². The minimum Gasteiger partial charge on any atom is -0.507 e. The van der Waals surface area contributed by atoms with Gasteiger partial charge in [-0.2, -0.15) is 0 Å². The lowest BCUT2D eigenvalue weighted by atomic mass is 9.82. The van der Waals surface area contributed by atoms with E-state index >= 15 is 0 Å². The predicted molar refractivity (Wildman–Crippen MR) is 63.7 cm³/mol. The summed E-state index contributed by atoms with van der Waals surface area (Å²) in [6.07, 6.45) is 0. The third-order valence-electron chi connectivity index (χ3n) is 3.72. The van der Waals surface area contributed by atoms with Crippen LogP contribution in [0.3, 0.4) is 0 Å². The molecule has 1 aromatic carbocycles. The van der Waals surface area contributed by atoms with Gasteiger partial charge in [0.15, 0.2) is 0 Å². The first-order valence-electron chi connectivity index (χ1n) is 5.69. The van der Waals surface area contributed by atoms with Crippen LogP contribution in [0, 0.1) is 13.8 Å². The third-order valence-corrected chi connectivity index (χ3v) is 3.72. The maximum atomic E-state index is 11.9. The van der Waals surface area contributed by atoms with Gasteiger partial charge < -0.3 is 20.1 Å². The van der Waals surface area contributed by atoms with Gasteiger partial charge in [-0.25, -0.2) is 4.79 Å². The summed E-state index contributed by atoms with van der Waals surface area (Å²) in [5.74, 6) is -3.33. The fourth-order valence-electron chi connectivity index (χ4n) is 2.37. The second-order valence-corrected chi connectivity index (χ2v) is 4.90. The molecule has 0 aliphatic carbocycles. The second-order valence-electron chi connectivity index (χ2n) is 4.90. The summed E-state index contributed by atoms with van der Waals surface area (Å²) in [7, 11) is 0. The van der Waals surface area contributed by atoms with Crippen LogP contribution in [0.15, 0.2) is 0 Å². The van der Waals surface area contributed by atoms with Gasteiger partial charge in [0.25, 0.3) is 0 Å². The molecule has 1 aliphatic heterocycles. The van der Waals surface area contributed by atoms with E-state index in [4.69, 9.17) is 4.74 Å². The zero-order valence-electron chi connectivity index (χ0n) is 10.7. The van der Waals surface area contributed by atoms with E-state index in [0.29, 0.717) is 11.1 Å². The van der Waals surface area contributed by atoms with Crippen LogP contribution < -0.4 is 0 Å². The molecular weight excluding hydrogens is 236 g/mol. The summed E-state index contributed by atoms with van der Waals surface area (Å²) in [6.45, 7) is 6.22. The number of phenols is 2. The topological polar surface area (TPSA) is 87.0 Å². The Labute approximate surface area is 105 Å². The third kappa shape index (κ3) is 1.47. The molecule has 0 bridgehead atoms. The maximum absolute atomic E-state index is 11.9. The Hall–Kier alpha value is -1.75. The minimum absolute atomic E-state index is 0.0295. The molecule has 1 aromatic rings. The molecule has 5 nitrogen and oxygen atoms in total. The Kier molecular flexibility index (Phi) is 2.55. The van der Waals surface area contributed by atoms with Crippen LogP contribution in [0.5, 0.6) is 11.5 Å². The minimum atomic E-state index is -1.65. The molecule has 5 heteroatoms. The van der Waals surface area contributed by atoms with Gasteiger partial charge in [0.1, 0.15) is 17.1 Å². The zero-order chi connectivity index (χ0) is 13.8. The number of ether oxygens (including phenoxy) is 1. The number of phenolic OH excluding ortho intramolecular Hbond substituents is 2. The highest BCUT2D eigenvalue weighted by atomic mass is 16.7. The van der Waals surface area contributed by atoms with Gasteiger partial charge in [0.2, 0.25) is 5.79 Å². The molecule has 0 aromatic heterocycles. The molecule has 2 atom stereocenters. The largest absolute Gasteiger partial charge is 0.507 e. The number of hydrogen-bond donors (Lipinski definition) is 3. The summed E-state index contributed by atoms with van der Waals surface area (Å²) < 4.78 is 4.92. The summed E-state index contributed by atoms with van der Waals surface area (Å²) in [6, 6.07) is 0. The SMILES string of the molecule is Cc1c(O)c(C)c2c(c1O)C(=O)O[C@@](C)(O)[C@@H]2C. The quantitative estimate of drug-likeness (QED) is 0.612. The number of cyclic esters (lactones) is 1. The van der Waals surface area contributed by atoms with Crippen molar-refractivity contribution in [3.05, 3.63) is 22.3 Å². The van der Waals surface area contributed by atoms with Crippen molar-refractivity contribution in [3.8, 4) is 11.5 Å². The molecule has 0 unspecified atom stereocenters. The molecule has 3 N–H and O–H groups in total. The number of rotatable bonds is 0. The fourth-order valence-corrected chi connectivity index (χ4v) is 2.37. The predicted octanol–water partition coefficient (Wildman–Crippen LogP) is 1.70. The van der Waals surface area contributed by atoms with Crippen molar-refractivity contribution in [1.82, 2.24) is 0 Å². The number of esters is 1. The number of carbonyl (C=O) groups is 1. The normalized spacial score (nSPS) is 26.7. The van der Waals surface area contributed by atoms with Crippen LogP contribution in [-0.4, -0.2) is 27.1 Å². The Bertz CT molecular complexity index is 545. The van der Waals surface area contributed by atoms with E-state index in [1.165, 1.54) is 13.8 Å². The second kappa shape index (κ2) is 3.62. The van der Waals surface area contributed by atoms with Gasteiger partial charge >= 0.3 is 5.97 Å². The number of carbonyl (C=O) groups excluding carboxylic acids is 1. The molecule has 98 valence electrons. The Morgan fingerprint density at radius 1 is 1.17 bits per heavy atom. The lowest BCUT2D eigenvalue weighted by Gasteiger charge is -2.37. The highest BCUT2D eigenvalue weighted by Gasteiger charge is 2.44. The molecule has 0 radical (unpaired) electrons. The summed E-state index contributed by atoms with van der Waals surface area (Å²) in [5.41, 5.74) is 1.17. The standard InChI is InChI=1S/C13H16O5/c1-5-8-7(3)13(4,17)18-12(16)9(8)11(15)6(2)10(5)14/h7,14-15,17H,1-4H3/t7-,13-/m1/s1. The van der Waals surface area contributed by atoms with E-state index in [1.54, 1.807) is 13.8 Å². The van der Waals surface area contributed by atoms with Crippen LogP contribution in [0.4, 0.5) is 0 Å².